The van der Waals surface area contributed by atoms with Crippen LogP contribution in [0, 0.1) is 5.92 Å². The first-order valence-electron chi connectivity index (χ1n) is 7.73. The highest BCUT2D eigenvalue weighted by Gasteiger charge is 2.32. The Balaban J connectivity index is 2.10. The molecule has 2 rings (SSSR count). The Morgan fingerprint density at radius 3 is 2.62 bits per heavy atom. The first kappa shape index (κ1) is 15.8. The maximum absolute atomic E-state index is 12.6. The predicted octanol–water partition coefficient (Wildman–Crippen LogP) is 2.73. The lowest BCUT2D eigenvalue weighted by Gasteiger charge is -2.28. The van der Waals surface area contributed by atoms with Crippen LogP contribution >= 0.6 is 0 Å². The highest BCUT2D eigenvalue weighted by molar-refractivity contribution is 5.82. The number of hydrogen-bond acceptors (Lipinski definition) is 3. The summed E-state index contributed by atoms with van der Waals surface area (Å²) in [5.41, 5.74) is 7.24. The number of amides is 1. The van der Waals surface area contributed by atoms with Crippen molar-refractivity contribution in [1.29, 1.82) is 0 Å². The first-order chi connectivity index (χ1) is 10.0. The van der Waals surface area contributed by atoms with Gasteiger partial charge in [0.2, 0.25) is 5.91 Å². The minimum atomic E-state index is -0.385. The van der Waals surface area contributed by atoms with Crippen LogP contribution in [0.5, 0.6) is 5.75 Å². The van der Waals surface area contributed by atoms with Crippen LogP contribution in [0.15, 0.2) is 24.3 Å². The lowest BCUT2D eigenvalue weighted by Crippen LogP contribution is -2.44. The summed E-state index contributed by atoms with van der Waals surface area (Å²) in [7, 11) is 1.66. The Morgan fingerprint density at radius 1 is 1.38 bits per heavy atom. The minimum Gasteiger partial charge on any atom is -0.497 e. The smallest absolute Gasteiger partial charge is 0.240 e. The number of nitrogens with two attached hydrogens (primary N) is 1. The van der Waals surface area contributed by atoms with E-state index in [0.29, 0.717) is 5.92 Å². The molecule has 4 nitrogen and oxygen atoms in total. The Hall–Kier alpha value is -1.55. The van der Waals surface area contributed by atoms with Gasteiger partial charge in [-0.25, -0.2) is 0 Å². The molecule has 1 heterocycles. The van der Waals surface area contributed by atoms with Gasteiger partial charge in [-0.05, 0) is 42.9 Å². The van der Waals surface area contributed by atoms with Crippen molar-refractivity contribution in [2.24, 2.45) is 11.7 Å². The SMILES string of the molecule is COc1ccc(C2CCCN2C(=O)C(N)CC(C)C)cc1. The molecule has 1 aliphatic heterocycles. The molecule has 2 unspecified atom stereocenters. The van der Waals surface area contributed by atoms with Crippen molar-refractivity contribution in [2.75, 3.05) is 13.7 Å². The fourth-order valence-corrected chi connectivity index (χ4v) is 3.02. The van der Waals surface area contributed by atoms with Crippen LogP contribution in [-0.2, 0) is 4.79 Å². The van der Waals surface area contributed by atoms with Crippen LogP contribution in [0.2, 0.25) is 0 Å². The van der Waals surface area contributed by atoms with E-state index >= 15 is 0 Å². The van der Waals surface area contributed by atoms with Gasteiger partial charge in [0, 0.05) is 6.54 Å². The molecule has 0 bridgehead atoms. The maximum Gasteiger partial charge on any atom is 0.240 e. The van der Waals surface area contributed by atoms with Gasteiger partial charge in [-0.1, -0.05) is 26.0 Å². The Labute approximate surface area is 127 Å². The normalized spacial score (nSPS) is 19.9. The molecule has 2 N–H and O–H groups in total. The monoisotopic (exact) mass is 290 g/mol. The number of carbonyl (C=O) groups excluding carboxylic acids is 1. The highest BCUT2D eigenvalue weighted by atomic mass is 16.5. The largest absolute Gasteiger partial charge is 0.497 e. The lowest BCUT2D eigenvalue weighted by atomic mass is 10.0. The zero-order chi connectivity index (χ0) is 15.4. The second kappa shape index (κ2) is 6.94. The first-order valence-corrected chi connectivity index (χ1v) is 7.73. The number of nitrogens with zero attached hydrogens (tertiary/aromatic N) is 1. The minimum absolute atomic E-state index is 0.0852. The third kappa shape index (κ3) is 3.76. The molecule has 0 aliphatic carbocycles. The van der Waals surface area contributed by atoms with E-state index in [1.165, 1.54) is 5.56 Å². The molecule has 0 saturated carbocycles. The molecule has 1 fully saturated rings. The van der Waals surface area contributed by atoms with E-state index in [1.807, 2.05) is 29.2 Å². The van der Waals surface area contributed by atoms with Gasteiger partial charge >= 0.3 is 0 Å². The summed E-state index contributed by atoms with van der Waals surface area (Å²) in [6.45, 7) is 5.00. The molecule has 21 heavy (non-hydrogen) atoms. The molecule has 1 amide bonds. The number of methoxy groups -OCH3 is 1. The summed E-state index contributed by atoms with van der Waals surface area (Å²) >= 11 is 0. The number of likely N-dealkylation sites (tertiary alicyclic amines) is 1. The van der Waals surface area contributed by atoms with Gasteiger partial charge in [0.15, 0.2) is 0 Å². The molecule has 1 saturated heterocycles. The number of benzene rings is 1. The molecular weight excluding hydrogens is 264 g/mol. The van der Waals surface area contributed by atoms with Gasteiger partial charge in [-0.2, -0.15) is 0 Å². The molecule has 4 heteroatoms. The molecule has 2 atom stereocenters. The summed E-state index contributed by atoms with van der Waals surface area (Å²) in [4.78, 5) is 14.5. The van der Waals surface area contributed by atoms with E-state index in [2.05, 4.69) is 13.8 Å². The van der Waals surface area contributed by atoms with Gasteiger partial charge in [-0.3, -0.25) is 4.79 Å². The molecule has 0 aromatic heterocycles. The van der Waals surface area contributed by atoms with Crippen molar-refractivity contribution in [1.82, 2.24) is 4.90 Å². The van der Waals surface area contributed by atoms with E-state index in [1.54, 1.807) is 7.11 Å². The second-order valence-electron chi connectivity index (χ2n) is 6.20. The van der Waals surface area contributed by atoms with E-state index in [-0.39, 0.29) is 18.0 Å². The van der Waals surface area contributed by atoms with Crippen molar-refractivity contribution >= 4 is 5.91 Å². The fraction of sp³-hybridized carbons (Fsp3) is 0.588. The number of carbonyl (C=O) groups is 1. The average molecular weight is 290 g/mol. The Bertz CT molecular complexity index is 470. The van der Waals surface area contributed by atoms with Crippen LogP contribution in [-0.4, -0.2) is 30.5 Å². The van der Waals surface area contributed by atoms with E-state index in [0.717, 1.165) is 31.6 Å². The third-order valence-corrected chi connectivity index (χ3v) is 4.08. The molecular formula is C17H26N2O2. The predicted molar refractivity (Wildman–Crippen MR) is 84.1 cm³/mol. The fourth-order valence-electron chi connectivity index (χ4n) is 3.02. The lowest BCUT2D eigenvalue weighted by molar-refractivity contribution is -0.133. The Kier molecular flexibility index (Phi) is 5.23. The zero-order valence-electron chi connectivity index (χ0n) is 13.2. The van der Waals surface area contributed by atoms with Gasteiger partial charge in [0.25, 0.3) is 0 Å². The van der Waals surface area contributed by atoms with Crippen molar-refractivity contribution in [3.05, 3.63) is 29.8 Å². The molecule has 116 valence electrons. The number of hydrogen-bond donors (Lipinski definition) is 1. The standard InChI is InChI=1S/C17H26N2O2/c1-12(2)11-15(18)17(20)19-10-4-5-16(19)13-6-8-14(21-3)9-7-13/h6-9,12,15-16H,4-5,10-11,18H2,1-3H3. The van der Waals surface area contributed by atoms with Crippen LogP contribution in [0.25, 0.3) is 0 Å². The topological polar surface area (TPSA) is 55.6 Å². The Morgan fingerprint density at radius 2 is 2.05 bits per heavy atom. The van der Waals surface area contributed by atoms with Gasteiger partial charge in [0.1, 0.15) is 5.75 Å². The van der Waals surface area contributed by atoms with Gasteiger partial charge in [-0.15, -0.1) is 0 Å². The van der Waals surface area contributed by atoms with Crippen LogP contribution in [0.4, 0.5) is 0 Å². The molecule has 1 aromatic carbocycles. The molecule has 0 spiro atoms. The van der Waals surface area contributed by atoms with Crippen molar-refractivity contribution in [2.45, 2.75) is 45.2 Å². The van der Waals surface area contributed by atoms with E-state index < -0.39 is 0 Å². The summed E-state index contributed by atoms with van der Waals surface area (Å²) in [5, 5.41) is 0. The highest BCUT2D eigenvalue weighted by Crippen LogP contribution is 2.33. The zero-order valence-corrected chi connectivity index (χ0v) is 13.2. The van der Waals surface area contributed by atoms with E-state index in [4.69, 9.17) is 10.5 Å². The quantitative estimate of drug-likeness (QED) is 0.907. The number of rotatable bonds is 5. The molecule has 1 aromatic rings. The van der Waals surface area contributed by atoms with Crippen LogP contribution in [0.3, 0.4) is 0 Å². The van der Waals surface area contributed by atoms with Gasteiger partial charge < -0.3 is 15.4 Å². The number of ether oxygens (including phenoxy) is 1. The van der Waals surface area contributed by atoms with Crippen molar-refractivity contribution in [3.63, 3.8) is 0 Å². The summed E-state index contributed by atoms with van der Waals surface area (Å²) in [6, 6.07) is 7.76. The van der Waals surface area contributed by atoms with Crippen molar-refractivity contribution < 1.29 is 9.53 Å². The van der Waals surface area contributed by atoms with E-state index in [9.17, 15) is 4.79 Å². The second-order valence-corrected chi connectivity index (χ2v) is 6.20. The third-order valence-electron chi connectivity index (χ3n) is 4.08. The van der Waals surface area contributed by atoms with Crippen molar-refractivity contribution in [3.8, 4) is 5.75 Å². The maximum atomic E-state index is 12.6. The average Bonchev–Trinajstić information content (AvgIpc) is 2.95. The van der Waals surface area contributed by atoms with Crippen LogP contribution in [0.1, 0.15) is 44.7 Å². The molecule has 1 aliphatic rings. The summed E-state index contributed by atoms with van der Waals surface area (Å²) < 4.78 is 5.19. The van der Waals surface area contributed by atoms with Crippen LogP contribution < -0.4 is 10.5 Å². The molecule has 0 radical (unpaired) electrons. The summed E-state index contributed by atoms with van der Waals surface area (Å²) in [5.74, 6) is 1.36. The van der Waals surface area contributed by atoms with Gasteiger partial charge in [0.05, 0.1) is 19.2 Å². The summed E-state index contributed by atoms with van der Waals surface area (Å²) in [6.07, 6.45) is 2.79.